The van der Waals surface area contributed by atoms with Crippen LogP contribution in [0.1, 0.15) is 50.4 Å². The number of carboxylic acids is 1. The number of aromatic carboxylic acids is 1. The number of hydrogen-bond acceptors (Lipinski definition) is 5. The van der Waals surface area contributed by atoms with E-state index in [1.807, 2.05) is 20.8 Å². The Morgan fingerprint density at radius 1 is 1.24 bits per heavy atom. The Morgan fingerprint density at radius 2 is 1.96 bits per heavy atom. The van der Waals surface area contributed by atoms with Crippen LogP contribution in [0.15, 0.2) is 23.1 Å². The number of carbonyl (C=O) groups is 1. The summed E-state index contributed by atoms with van der Waals surface area (Å²) in [7, 11) is -3.82. The third kappa shape index (κ3) is 7.41. The van der Waals surface area contributed by atoms with Crippen LogP contribution in [-0.2, 0) is 14.8 Å². The normalized spacial score (nSPS) is 11.7. The number of sulfonamides is 1. The van der Waals surface area contributed by atoms with Crippen LogP contribution in [0.2, 0.25) is 0 Å². The third-order valence-electron chi connectivity index (χ3n) is 3.43. The van der Waals surface area contributed by atoms with Gasteiger partial charge in [0, 0.05) is 19.7 Å². The summed E-state index contributed by atoms with van der Waals surface area (Å²) in [6.07, 6.45) is 2.49. The monoisotopic (exact) mass is 372 g/mol. The number of rotatable bonds is 12. The fourth-order valence-corrected chi connectivity index (χ4v) is 3.38. The molecule has 0 aromatic heterocycles. The van der Waals surface area contributed by atoms with E-state index >= 15 is 0 Å². The van der Waals surface area contributed by atoms with E-state index in [2.05, 4.69) is 10.0 Å². The van der Waals surface area contributed by atoms with Crippen LogP contribution in [0.5, 0.6) is 0 Å². The van der Waals surface area contributed by atoms with Crippen LogP contribution in [0.25, 0.3) is 0 Å². The Balaban J connectivity index is 2.88. The van der Waals surface area contributed by atoms with Crippen LogP contribution in [0.3, 0.4) is 0 Å². The number of benzene rings is 1. The fourth-order valence-electron chi connectivity index (χ4n) is 2.10. The van der Waals surface area contributed by atoms with Crippen molar-refractivity contribution < 1.29 is 23.1 Å². The van der Waals surface area contributed by atoms with Gasteiger partial charge >= 0.3 is 5.97 Å². The van der Waals surface area contributed by atoms with E-state index < -0.39 is 16.0 Å². The molecule has 0 heterocycles. The lowest BCUT2D eigenvalue weighted by Gasteiger charge is -2.14. The van der Waals surface area contributed by atoms with Crippen molar-refractivity contribution in [3.05, 3.63) is 23.8 Å². The Labute approximate surface area is 149 Å². The van der Waals surface area contributed by atoms with Gasteiger partial charge in [-0.1, -0.05) is 13.3 Å². The number of nitrogens with one attached hydrogen (secondary N) is 2. The van der Waals surface area contributed by atoms with Crippen molar-refractivity contribution in [2.45, 2.75) is 51.0 Å². The molecule has 1 aromatic rings. The number of carboxylic acid groups (broad SMARTS) is 1. The van der Waals surface area contributed by atoms with Crippen molar-refractivity contribution in [3.63, 3.8) is 0 Å². The zero-order chi connectivity index (χ0) is 18.9. The van der Waals surface area contributed by atoms with Crippen LogP contribution < -0.4 is 10.0 Å². The molecule has 0 fully saturated rings. The molecule has 0 saturated carbocycles. The predicted molar refractivity (Wildman–Crippen MR) is 97.7 cm³/mol. The number of anilines is 1. The lowest BCUT2D eigenvalue weighted by atomic mass is 10.2. The highest BCUT2D eigenvalue weighted by molar-refractivity contribution is 7.89. The minimum absolute atomic E-state index is 0.0479. The molecular weight excluding hydrogens is 344 g/mol. The molecule has 3 N–H and O–H groups in total. The van der Waals surface area contributed by atoms with Gasteiger partial charge in [0.05, 0.1) is 17.4 Å². The SMILES string of the molecule is CCCCNc1ccc(C(=O)O)cc1S(=O)(=O)NCCCOC(C)C. The summed E-state index contributed by atoms with van der Waals surface area (Å²) in [6.45, 7) is 7.16. The standard InChI is InChI=1S/C17H28N2O5S/c1-4-5-9-18-15-8-7-14(17(20)21)12-16(15)25(22,23)19-10-6-11-24-13(2)3/h7-8,12-13,18-19H,4-6,9-11H2,1-3H3,(H,20,21). The fraction of sp³-hybridized carbons (Fsp3) is 0.588. The third-order valence-corrected chi connectivity index (χ3v) is 4.93. The second-order valence-corrected chi connectivity index (χ2v) is 7.70. The molecule has 8 heteroatoms. The zero-order valence-electron chi connectivity index (χ0n) is 15.0. The minimum atomic E-state index is -3.82. The lowest BCUT2D eigenvalue weighted by Crippen LogP contribution is -2.27. The molecule has 25 heavy (non-hydrogen) atoms. The second kappa shape index (κ2) is 10.4. The molecule has 142 valence electrons. The Kier molecular flexibility index (Phi) is 8.88. The first-order valence-corrected chi connectivity index (χ1v) is 9.98. The number of hydrogen-bond donors (Lipinski definition) is 3. The van der Waals surface area contributed by atoms with Crippen molar-refractivity contribution in [3.8, 4) is 0 Å². The molecule has 0 atom stereocenters. The molecule has 0 aliphatic heterocycles. The van der Waals surface area contributed by atoms with Gasteiger partial charge in [-0.05, 0) is 44.9 Å². The molecule has 1 aromatic carbocycles. The highest BCUT2D eigenvalue weighted by atomic mass is 32.2. The first-order valence-electron chi connectivity index (χ1n) is 8.50. The van der Waals surface area contributed by atoms with Gasteiger partial charge in [0.15, 0.2) is 0 Å². The van der Waals surface area contributed by atoms with E-state index in [1.54, 1.807) is 0 Å². The van der Waals surface area contributed by atoms with Gasteiger partial charge in [-0.2, -0.15) is 0 Å². The van der Waals surface area contributed by atoms with Gasteiger partial charge in [0.1, 0.15) is 4.90 Å². The zero-order valence-corrected chi connectivity index (χ0v) is 15.9. The van der Waals surface area contributed by atoms with Gasteiger partial charge in [0.2, 0.25) is 10.0 Å². The summed E-state index contributed by atoms with van der Waals surface area (Å²) in [6, 6.07) is 4.07. The maximum Gasteiger partial charge on any atom is 0.335 e. The lowest BCUT2D eigenvalue weighted by molar-refractivity contribution is 0.0696. The summed E-state index contributed by atoms with van der Waals surface area (Å²) in [5, 5.41) is 12.2. The summed E-state index contributed by atoms with van der Waals surface area (Å²) >= 11 is 0. The molecule has 0 radical (unpaired) electrons. The molecular formula is C17H28N2O5S. The molecule has 0 aliphatic carbocycles. The van der Waals surface area contributed by atoms with Crippen LogP contribution >= 0.6 is 0 Å². The number of unbranched alkanes of at least 4 members (excludes halogenated alkanes) is 1. The topological polar surface area (TPSA) is 105 Å². The molecule has 0 saturated heterocycles. The Morgan fingerprint density at radius 3 is 2.56 bits per heavy atom. The summed E-state index contributed by atoms with van der Waals surface area (Å²) in [5.41, 5.74) is 0.342. The predicted octanol–water partition coefficient (Wildman–Crippen LogP) is 2.69. The second-order valence-electron chi connectivity index (χ2n) is 5.97. The van der Waals surface area contributed by atoms with E-state index in [1.165, 1.54) is 18.2 Å². The van der Waals surface area contributed by atoms with Gasteiger partial charge in [-0.15, -0.1) is 0 Å². The van der Waals surface area contributed by atoms with Crippen molar-refractivity contribution in [1.82, 2.24) is 4.72 Å². The van der Waals surface area contributed by atoms with Crippen LogP contribution in [0, 0.1) is 0 Å². The average Bonchev–Trinajstić information content (AvgIpc) is 2.54. The Bertz CT molecular complexity index is 659. The van der Waals surface area contributed by atoms with E-state index in [9.17, 15) is 13.2 Å². The van der Waals surface area contributed by atoms with Crippen molar-refractivity contribution >= 4 is 21.7 Å². The average molecular weight is 372 g/mol. The molecule has 1 rings (SSSR count). The summed E-state index contributed by atoms with van der Waals surface area (Å²) in [4.78, 5) is 11.1. The van der Waals surface area contributed by atoms with Crippen molar-refractivity contribution in [2.75, 3.05) is 25.0 Å². The molecule has 7 nitrogen and oxygen atoms in total. The van der Waals surface area contributed by atoms with Crippen molar-refractivity contribution in [1.29, 1.82) is 0 Å². The van der Waals surface area contributed by atoms with Gasteiger partial charge < -0.3 is 15.2 Å². The van der Waals surface area contributed by atoms with Crippen LogP contribution in [0.4, 0.5) is 5.69 Å². The summed E-state index contributed by atoms with van der Waals surface area (Å²) < 4.78 is 33.0. The first-order chi connectivity index (χ1) is 11.8. The van der Waals surface area contributed by atoms with E-state index in [0.29, 0.717) is 25.3 Å². The maximum atomic E-state index is 12.6. The largest absolute Gasteiger partial charge is 0.478 e. The highest BCUT2D eigenvalue weighted by Gasteiger charge is 2.20. The van der Waals surface area contributed by atoms with Crippen LogP contribution in [-0.4, -0.2) is 45.3 Å². The molecule has 0 unspecified atom stereocenters. The first kappa shape index (κ1) is 21.4. The van der Waals surface area contributed by atoms with Gasteiger partial charge in [0.25, 0.3) is 0 Å². The number of ether oxygens (including phenoxy) is 1. The molecule has 0 bridgehead atoms. The summed E-state index contributed by atoms with van der Waals surface area (Å²) in [5.74, 6) is -1.16. The van der Waals surface area contributed by atoms with Gasteiger partial charge in [-0.3, -0.25) is 0 Å². The van der Waals surface area contributed by atoms with Crippen molar-refractivity contribution in [2.24, 2.45) is 0 Å². The minimum Gasteiger partial charge on any atom is -0.478 e. The highest BCUT2D eigenvalue weighted by Crippen LogP contribution is 2.23. The molecule has 0 aliphatic rings. The van der Waals surface area contributed by atoms with E-state index in [-0.39, 0.29) is 23.1 Å². The molecule has 0 amide bonds. The van der Waals surface area contributed by atoms with Gasteiger partial charge in [-0.25, -0.2) is 17.9 Å². The molecule has 0 spiro atoms. The van der Waals surface area contributed by atoms with E-state index in [4.69, 9.17) is 9.84 Å². The Hall–Kier alpha value is -1.64. The maximum absolute atomic E-state index is 12.6. The quantitative estimate of drug-likeness (QED) is 0.487. The smallest absolute Gasteiger partial charge is 0.335 e. The van der Waals surface area contributed by atoms with E-state index in [0.717, 1.165) is 12.8 Å².